The van der Waals surface area contributed by atoms with E-state index in [1.165, 1.54) is 13.0 Å². The molecule has 0 unspecified atom stereocenters. The van der Waals surface area contributed by atoms with Crippen LogP contribution in [0.25, 0.3) is 0 Å². The Kier molecular flexibility index (Phi) is 5.78. The third-order valence-electron chi connectivity index (χ3n) is 5.39. The number of amides is 2. The minimum Gasteiger partial charge on any atom is -0.379 e. The molecular formula is C21H22FN3O5S. The molecule has 2 aliphatic heterocycles. The summed E-state index contributed by atoms with van der Waals surface area (Å²) >= 11 is 0. The van der Waals surface area contributed by atoms with Gasteiger partial charge in [0.1, 0.15) is 10.7 Å². The Bertz CT molecular complexity index is 1150. The first kappa shape index (κ1) is 21.4. The van der Waals surface area contributed by atoms with E-state index < -0.39 is 26.6 Å². The van der Waals surface area contributed by atoms with Crippen LogP contribution in [0.3, 0.4) is 0 Å². The normalized spacial score (nSPS) is 16.8. The molecule has 0 spiro atoms. The Labute approximate surface area is 179 Å². The number of halogens is 1. The summed E-state index contributed by atoms with van der Waals surface area (Å²) in [5, 5.41) is 2.72. The van der Waals surface area contributed by atoms with Crippen molar-refractivity contribution in [1.82, 2.24) is 4.31 Å². The molecule has 0 aromatic heterocycles. The third-order valence-corrected chi connectivity index (χ3v) is 7.31. The molecule has 2 aromatic rings. The Morgan fingerprint density at radius 3 is 2.52 bits per heavy atom. The van der Waals surface area contributed by atoms with Gasteiger partial charge in [-0.3, -0.25) is 9.59 Å². The van der Waals surface area contributed by atoms with Gasteiger partial charge < -0.3 is 15.0 Å². The Balaban J connectivity index is 1.56. The number of carbonyl (C=O) groups excluding carboxylic acids is 2. The summed E-state index contributed by atoms with van der Waals surface area (Å²) in [7, 11) is -4.08. The molecule has 2 aromatic carbocycles. The standard InChI is InChI=1S/C21H22FN3O5S/c1-14(26)25-7-6-15-12-17(3-5-19(15)25)23-21(27)16-2-4-18(22)20(13-16)31(28,29)24-8-10-30-11-9-24/h2-5,12-13H,6-11H2,1H3,(H,23,27). The average Bonchev–Trinajstić information content (AvgIpc) is 3.18. The van der Waals surface area contributed by atoms with Crippen molar-refractivity contribution < 1.29 is 27.1 Å². The minimum absolute atomic E-state index is 0.0269. The van der Waals surface area contributed by atoms with Crippen LogP contribution in [-0.4, -0.2) is 57.4 Å². The second kappa shape index (κ2) is 8.37. The molecule has 1 N–H and O–H groups in total. The van der Waals surface area contributed by atoms with E-state index in [1.54, 1.807) is 23.1 Å². The molecule has 1 fully saturated rings. The van der Waals surface area contributed by atoms with Crippen molar-refractivity contribution in [3.63, 3.8) is 0 Å². The first-order valence-electron chi connectivity index (χ1n) is 9.87. The predicted octanol–water partition coefficient (Wildman–Crippen LogP) is 2.01. The number of nitrogens with zero attached hydrogens (tertiary/aromatic N) is 2. The Hall–Kier alpha value is -2.82. The van der Waals surface area contributed by atoms with Gasteiger partial charge in [-0.05, 0) is 48.4 Å². The summed E-state index contributed by atoms with van der Waals surface area (Å²) in [5.74, 6) is -1.51. The van der Waals surface area contributed by atoms with Crippen molar-refractivity contribution in [3.05, 3.63) is 53.3 Å². The number of anilines is 2. The molecule has 31 heavy (non-hydrogen) atoms. The lowest BCUT2D eigenvalue weighted by atomic mass is 10.1. The monoisotopic (exact) mass is 447 g/mol. The highest BCUT2D eigenvalue weighted by Crippen LogP contribution is 2.31. The topological polar surface area (TPSA) is 96.0 Å². The molecule has 0 bridgehead atoms. The summed E-state index contributed by atoms with van der Waals surface area (Å²) in [5.41, 5.74) is 2.28. The van der Waals surface area contributed by atoms with Gasteiger partial charge in [-0.2, -0.15) is 4.31 Å². The lowest BCUT2D eigenvalue weighted by Gasteiger charge is -2.26. The molecule has 0 atom stereocenters. The van der Waals surface area contributed by atoms with E-state index in [-0.39, 0.29) is 37.8 Å². The van der Waals surface area contributed by atoms with Gasteiger partial charge in [0.05, 0.1) is 13.2 Å². The fourth-order valence-electron chi connectivity index (χ4n) is 3.78. The van der Waals surface area contributed by atoms with E-state index in [1.807, 2.05) is 0 Å². The number of benzene rings is 2. The maximum Gasteiger partial charge on any atom is 0.255 e. The summed E-state index contributed by atoms with van der Waals surface area (Å²) < 4.78 is 46.3. The van der Waals surface area contributed by atoms with Crippen LogP contribution in [-0.2, 0) is 26.0 Å². The lowest BCUT2D eigenvalue weighted by Crippen LogP contribution is -2.41. The summed E-state index contributed by atoms with van der Waals surface area (Å²) in [6, 6.07) is 8.50. The molecule has 10 heteroatoms. The third kappa shape index (κ3) is 4.18. The smallest absolute Gasteiger partial charge is 0.255 e. The number of ether oxygens (including phenoxy) is 1. The van der Waals surface area contributed by atoms with Gasteiger partial charge in [0.25, 0.3) is 5.91 Å². The van der Waals surface area contributed by atoms with E-state index in [9.17, 15) is 22.4 Å². The first-order chi connectivity index (χ1) is 14.8. The van der Waals surface area contributed by atoms with Crippen molar-refractivity contribution in [3.8, 4) is 0 Å². The second-order valence-corrected chi connectivity index (χ2v) is 9.29. The molecule has 2 amide bonds. The van der Waals surface area contributed by atoms with Crippen LogP contribution >= 0.6 is 0 Å². The van der Waals surface area contributed by atoms with Crippen LogP contribution in [0.15, 0.2) is 41.3 Å². The van der Waals surface area contributed by atoms with E-state index in [4.69, 9.17) is 4.74 Å². The zero-order chi connectivity index (χ0) is 22.2. The summed E-state index contributed by atoms with van der Waals surface area (Å²) in [6.45, 7) is 2.82. The van der Waals surface area contributed by atoms with Crippen molar-refractivity contribution in [2.24, 2.45) is 0 Å². The summed E-state index contributed by atoms with van der Waals surface area (Å²) in [4.78, 5) is 25.5. The van der Waals surface area contributed by atoms with E-state index >= 15 is 0 Å². The molecule has 4 rings (SSSR count). The number of rotatable bonds is 4. The lowest BCUT2D eigenvalue weighted by molar-refractivity contribution is -0.116. The number of fused-ring (bicyclic) bond motifs is 1. The van der Waals surface area contributed by atoms with Crippen LogP contribution in [0.4, 0.5) is 15.8 Å². The summed E-state index contributed by atoms with van der Waals surface area (Å²) in [6.07, 6.45) is 0.678. The molecule has 0 radical (unpaired) electrons. The number of nitrogens with one attached hydrogen (secondary N) is 1. The maximum absolute atomic E-state index is 14.4. The van der Waals surface area contributed by atoms with Crippen LogP contribution in [0.2, 0.25) is 0 Å². The molecule has 164 valence electrons. The molecule has 8 nitrogen and oxygen atoms in total. The maximum atomic E-state index is 14.4. The second-order valence-electron chi connectivity index (χ2n) is 7.38. The zero-order valence-electron chi connectivity index (χ0n) is 16.9. The van der Waals surface area contributed by atoms with Crippen molar-refractivity contribution in [1.29, 1.82) is 0 Å². The average molecular weight is 447 g/mol. The fourth-order valence-corrected chi connectivity index (χ4v) is 5.28. The van der Waals surface area contributed by atoms with E-state index in [0.29, 0.717) is 18.7 Å². The zero-order valence-corrected chi connectivity index (χ0v) is 17.7. The Morgan fingerprint density at radius 1 is 1.06 bits per heavy atom. The van der Waals surface area contributed by atoms with Crippen molar-refractivity contribution in [2.75, 3.05) is 43.1 Å². The highest BCUT2D eigenvalue weighted by atomic mass is 32.2. The van der Waals surface area contributed by atoms with Crippen LogP contribution < -0.4 is 10.2 Å². The molecule has 0 aliphatic carbocycles. The Morgan fingerprint density at radius 2 is 1.81 bits per heavy atom. The SMILES string of the molecule is CC(=O)N1CCc2cc(NC(=O)c3ccc(F)c(S(=O)(=O)N4CCOCC4)c3)ccc21. The fraction of sp³-hybridized carbons (Fsp3) is 0.333. The molecular weight excluding hydrogens is 425 g/mol. The number of hydrogen-bond donors (Lipinski definition) is 1. The largest absolute Gasteiger partial charge is 0.379 e. The molecule has 2 aliphatic rings. The van der Waals surface area contributed by atoms with Gasteiger partial charge in [-0.25, -0.2) is 12.8 Å². The number of morpholine rings is 1. The van der Waals surface area contributed by atoms with E-state index in [0.717, 1.165) is 27.7 Å². The van der Waals surface area contributed by atoms with Crippen molar-refractivity contribution >= 4 is 33.2 Å². The van der Waals surface area contributed by atoms with Crippen LogP contribution in [0, 0.1) is 5.82 Å². The highest BCUT2D eigenvalue weighted by molar-refractivity contribution is 7.89. The molecule has 0 saturated carbocycles. The highest BCUT2D eigenvalue weighted by Gasteiger charge is 2.30. The van der Waals surface area contributed by atoms with Gasteiger partial charge in [-0.1, -0.05) is 0 Å². The minimum atomic E-state index is -4.08. The molecule has 2 heterocycles. The quantitative estimate of drug-likeness (QED) is 0.774. The van der Waals surface area contributed by atoms with Gasteiger partial charge in [0.15, 0.2) is 0 Å². The van der Waals surface area contributed by atoms with Gasteiger partial charge in [0, 0.05) is 43.5 Å². The van der Waals surface area contributed by atoms with Crippen LogP contribution in [0.5, 0.6) is 0 Å². The van der Waals surface area contributed by atoms with E-state index in [2.05, 4.69) is 5.32 Å². The van der Waals surface area contributed by atoms with Gasteiger partial charge in [-0.15, -0.1) is 0 Å². The van der Waals surface area contributed by atoms with Crippen LogP contribution in [0.1, 0.15) is 22.8 Å². The van der Waals surface area contributed by atoms with Gasteiger partial charge in [0.2, 0.25) is 15.9 Å². The first-order valence-corrected chi connectivity index (χ1v) is 11.3. The molecule has 1 saturated heterocycles. The van der Waals surface area contributed by atoms with Crippen molar-refractivity contribution in [2.45, 2.75) is 18.2 Å². The van der Waals surface area contributed by atoms with Gasteiger partial charge >= 0.3 is 0 Å². The predicted molar refractivity (Wildman–Crippen MR) is 112 cm³/mol. The number of carbonyl (C=O) groups is 2. The number of sulfonamides is 1. The number of hydrogen-bond acceptors (Lipinski definition) is 5.